The molecule has 0 aliphatic carbocycles. The Morgan fingerprint density at radius 2 is 2.20 bits per heavy atom. The lowest BCUT2D eigenvalue weighted by Crippen LogP contribution is -2.28. The first-order valence-corrected chi connectivity index (χ1v) is 6.54. The molecule has 1 N–H and O–H groups in total. The van der Waals surface area contributed by atoms with Crippen LogP contribution in [0.5, 0.6) is 0 Å². The Morgan fingerprint density at radius 3 is 2.90 bits per heavy atom. The molecule has 2 aromatic rings. The number of amides is 1. The van der Waals surface area contributed by atoms with E-state index in [1.807, 2.05) is 0 Å². The van der Waals surface area contributed by atoms with Gasteiger partial charge in [0, 0.05) is 16.9 Å². The number of ether oxygens (including phenoxy) is 1. The number of rotatable bonds is 5. The standard InChI is InChI=1S/C13H11BrN2O4/c14-11-5-10(6-15-7-11)12(17)16-2-4-20-13(18)9-1-3-19-8-9/h1,3,5-8H,2,4H2,(H,16,17). The predicted octanol–water partition coefficient (Wildman–Crippen LogP) is 2.02. The van der Waals surface area contributed by atoms with E-state index in [1.165, 1.54) is 24.8 Å². The number of carbonyl (C=O) groups is 2. The van der Waals surface area contributed by atoms with Gasteiger partial charge in [-0.3, -0.25) is 9.78 Å². The highest BCUT2D eigenvalue weighted by atomic mass is 79.9. The number of esters is 1. The maximum atomic E-state index is 11.7. The lowest BCUT2D eigenvalue weighted by molar-refractivity contribution is 0.0502. The van der Waals surface area contributed by atoms with Gasteiger partial charge in [-0.05, 0) is 28.1 Å². The van der Waals surface area contributed by atoms with Gasteiger partial charge in [0.25, 0.3) is 5.91 Å². The molecule has 0 atom stereocenters. The molecule has 0 fully saturated rings. The van der Waals surface area contributed by atoms with E-state index >= 15 is 0 Å². The topological polar surface area (TPSA) is 81.4 Å². The van der Waals surface area contributed by atoms with Crippen LogP contribution in [0.15, 0.2) is 45.9 Å². The summed E-state index contributed by atoms with van der Waals surface area (Å²) in [5.74, 6) is -0.768. The molecule has 1 amide bonds. The zero-order valence-electron chi connectivity index (χ0n) is 10.3. The Hall–Kier alpha value is -2.15. The highest BCUT2D eigenvalue weighted by molar-refractivity contribution is 9.10. The van der Waals surface area contributed by atoms with Gasteiger partial charge < -0.3 is 14.5 Å². The van der Waals surface area contributed by atoms with Crippen LogP contribution in [0.1, 0.15) is 20.7 Å². The van der Waals surface area contributed by atoms with Crippen molar-refractivity contribution in [2.75, 3.05) is 13.2 Å². The van der Waals surface area contributed by atoms with Crippen molar-refractivity contribution in [3.05, 3.63) is 52.7 Å². The fraction of sp³-hybridized carbons (Fsp3) is 0.154. The van der Waals surface area contributed by atoms with Crippen molar-refractivity contribution in [3.63, 3.8) is 0 Å². The van der Waals surface area contributed by atoms with Crippen LogP contribution in [0.4, 0.5) is 0 Å². The summed E-state index contributed by atoms with van der Waals surface area (Å²) in [5.41, 5.74) is 0.771. The molecule has 0 aromatic carbocycles. The maximum absolute atomic E-state index is 11.7. The van der Waals surface area contributed by atoms with Crippen molar-refractivity contribution in [2.45, 2.75) is 0 Å². The SMILES string of the molecule is O=C(NCCOC(=O)c1ccoc1)c1cncc(Br)c1. The third-order valence-corrected chi connectivity index (χ3v) is 2.78. The molecule has 0 unspecified atom stereocenters. The summed E-state index contributed by atoms with van der Waals surface area (Å²) in [6.45, 7) is 0.298. The number of furan rings is 1. The third-order valence-electron chi connectivity index (χ3n) is 2.34. The Kier molecular flexibility index (Phi) is 4.89. The number of pyridine rings is 1. The molecule has 2 heterocycles. The molecule has 0 radical (unpaired) electrons. The summed E-state index contributed by atoms with van der Waals surface area (Å²) in [7, 11) is 0. The Morgan fingerprint density at radius 1 is 1.35 bits per heavy atom. The van der Waals surface area contributed by atoms with E-state index in [4.69, 9.17) is 9.15 Å². The average Bonchev–Trinajstić information content (AvgIpc) is 2.97. The molecular formula is C13H11BrN2O4. The molecule has 0 aliphatic heterocycles. The number of hydrogen-bond donors (Lipinski definition) is 1. The first-order chi connectivity index (χ1) is 9.66. The zero-order chi connectivity index (χ0) is 14.4. The second kappa shape index (κ2) is 6.85. The largest absolute Gasteiger partial charge is 0.472 e. The first-order valence-electron chi connectivity index (χ1n) is 5.75. The summed E-state index contributed by atoms with van der Waals surface area (Å²) < 4.78 is 10.4. The molecule has 7 heteroatoms. The molecule has 0 aliphatic rings. The fourth-order valence-corrected chi connectivity index (χ4v) is 1.78. The molecule has 0 saturated heterocycles. The molecule has 20 heavy (non-hydrogen) atoms. The number of carbonyl (C=O) groups excluding carboxylic acids is 2. The zero-order valence-corrected chi connectivity index (χ0v) is 11.9. The van der Waals surface area contributed by atoms with E-state index in [2.05, 4.69) is 26.2 Å². The van der Waals surface area contributed by atoms with Gasteiger partial charge in [0.2, 0.25) is 0 Å². The molecule has 0 spiro atoms. The van der Waals surface area contributed by atoms with Gasteiger partial charge in [-0.25, -0.2) is 4.79 Å². The van der Waals surface area contributed by atoms with Gasteiger partial charge in [0.1, 0.15) is 12.9 Å². The minimum Gasteiger partial charge on any atom is -0.472 e. The van der Waals surface area contributed by atoms with Gasteiger partial charge in [-0.2, -0.15) is 0 Å². The van der Waals surface area contributed by atoms with E-state index < -0.39 is 5.97 Å². The lowest BCUT2D eigenvalue weighted by Gasteiger charge is -2.06. The monoisotopic (exact) mass is 338 g/mol. The normalized spacial score (nSPS) is 10.1. The van der Waals surface area contributed by atoms with Crippen molar-refractivity contribution in [2.24, 2.45) is 0 Å². The average molecular weight is 339 g/mol. The van der Waals surface area contributed by atoms with Gasteiger partial charge in [-0.1, -0.05) is 0 Å². The fourth-order valence-electron chi connectivity index (χ4n) is 1.41. The quantitative estimate of drug-likeness (QED) is 0.666. The summed E-state index contributed by atoms with van der Waals surface area (Å²) >= 11 is 3.23. The molecule has 6 nitrogen and oxygen atoms in total. The highest BCUT2D eigenvalue weighted by Gasteiger charge is 2.09. The predicted molar refractivity (Wildman–Crippen MR) is 73.3 cm³/mol. The van der Waals surface area contributed by atoms with Gasteiger partial charge in [-0.15, -0.1) is 0 Å². The van der Waals surface area contributed by atoms with Crippen molar-refractivity contribution < 1.29 is 18.7 Å². The summed E-state index contributed by atoms with van der Waals surface area (Å²) in [5, 5.41) is 2.63. The molecule has 0 bridgehead atoms. The van der Waals surface area contributed by atoms with E-state index in [1.54, 1.807) is 12.3 Å². The minimum atomic E-state index is -0.489. The summed E-state index contributed by atoms with van der Waals surface area (Å²) in [4.78, 5) is 27.1. The van der Waals surface area contributed by atoms with E-state index in [0.717, 1.165) is 4.47 Å². The van der Waals surface area contributed by atoms with Crippen LogP contribution in [0.2, 0.25) is 0 Å². The van der Waals surface area contributed by atoms with Crippen LogP contribution in [0.25, 0.3) is 0 Å². The van der Waals surface area contributed by atoms with Crippen LogP contribution < -0.4 is 5.32 Å². The van der Waals surface area contributed by atoms with Gasteiger partial charge in [0.15, 0.2) is 0 Å². The van der Waals surface area contributed by atoms with Crippen LogP contribution in [0.3, 0.4) is 0 Å². The third kappa shape index (κ3) is 3.92. The second-order valence-electron chi connectivity index (χ2n) is 3.80. The number of halogens is 1. The van der Waals surface area contributed by atoms with Crippen LogP contribution in [-0.4, -0.2) is 30.0 Å². The lowest BCUT2D eigenvalue weighted by atomic mass is 10.3. The number of nitrogens with zero attached hydrogens (tertiary/aromatic N) is 1. The van der Waals surface area contributed by atoms with Crippen molar-refractivity contribution in [1.82, 2.24) is 10.3 Å². The number of nitrogens with one attached hydrogen (secondary N) is 1. The van der Waals surface area contributed by atoms with Crippen molar-refractivity contribution >= 4 is 27.8 Å². The Balaban J connectivity index is 1.73. The summed E-state index contributed by atoms with van der Waals surface area (Å²) in [6, 6.07) is 3.16. The van der Waals surface area contributed by atoms with E-state index in [9.17, 15) is 9.59 Å². The smallest absolute Gasteiger partial charge is 0.341 e. The number of hydrogen-bond acceptors (Lipinski definition) is 5. The van der Waals surface area contributed by atoms with Gasteiger partial charge in [0.05, 0.1) is 23.9 Å². The van der Waals surface area contributed by atoms with Gasteiger partial charge >= 0.3 is 5.97 Å². The maximum Gasteiger partial charge on any atom is 0.341 e. The Labute approximate surface area is 123 Å². The van der Waals surface area contributed by atoms with Crippen molar-refractivity contribution in [3.8, 4) is 0 Å². The highest BCUT2D eigenvalue weighted by Crippen LogP contribution is 2.09. The summed E-state index contributed by atoms with van der Waals surface area (Å²) in [6.07, 6.45) is 5.73. The van der Waals surface area contributed by atoms with Crippen LogP contribution in [0, 0.1) is 0 Å². The Bertz CT molecular complexity index is 598. The molecule has 2 rings (SSSR count). The van der Waals surface area contributed by atoms with E-state index in [-0.39, 0.29) is 19.1 Å². The molecule has 2 aromatic heterocycles. The molecule has 0 saturated carbocycles. The second-order valence-corrected chi connectivity index (χ2v) is 4.71. The van der Waals surface area contributed by atoms with Crippen molar-refractivity contribution in [1.29, 1.82) is 0 Å². The number of aromatic nitrogens is 1. The van der Waals surface area contributed by atoms with Crippen LogP contribution >= 0.6 is 15.9 Å². The molecular weight excluding hydrogens is 328 g/mol. The van der Waals surface area contributed by atoms with E-state index in [0.29, 0.717) is 11.1 Å². The molecule has 104 valence electrons. The van der Waals surface area contributed by atoms with Crippen LogP contribution in [-0.2, 0) is 4.74 Å². The minimum absolute atomic E-state index is 0.0805. The first kappa shape index (κ1) is 14.3.